The Labute approximate surface area is 124 Å². The monoisotopic (exact) mass is 287 g/mol. The Balaban J connectivity index is 1.63. The van der Waals surface area contributed by atoms with E-state index in [0.29, 0.717) is 12.2 Å². The van der Waals surface area contributed by atoms with Crippen molar-refractivity contribution in [3.05, 3.63) is 35.5 Å². The number of hydrogen-bond donors (Lipinski definition) is 2. The topological polar surface area (TPSA) is 57.4 Å². The number of nitrogens with zero attached hydrogens (tertiary/aromatic N) is 1. The number of ether oxygens (including phenoxy) is 1. The van der Waals surface area contributed by atoms with E-state index in [1.54, 1.807) is 0 Å². The quantitative estimate of drug-likeness (QED) is 0.900. The Morgan fingerprint density at radius 1 is 1.48 bits per heavy atom. The second-order valence-electron chi connectivity index (χ2n) is 5.74. The summed E-state index contributed by atoms with van der Waals surface area (Å²) in [6.07, 6.45) is 0.0688. The molecular weight excluding hydrogens is 266 g/mol. The third-order valence-corrected chi connectivity index (χ3v) is 3.85. The van der Waals surface area contributed by atoms with Crippen LogP contribution < -0.4 is 5.32 Å². The Kier molecular flexibility index (Phi) is 3.94. The van der Waals surface area contributed by atoms with Crippen LogP contribution in [-0.4, -0.2) is 55.2 Å². The molecule has 1 aromatic carbocycles. The predicted octanol–water partition coefficient (Wildman–Crippen LogP) is 1.54. The van der Waals surface area contributed by atoms with E-state index in [2.05, 4.69) is 22.2 Å². The number of likely N-dealkylation sites (N-methyl/N-ethyl adjacent to an activating group) is 1. The molecule has 1 saturated heterocycles. The number of carbonyl (C=O) groups excluding carboxylic acids is 1. The Hall–Kier alpha value is -1.85. The third-order valence-electron chi connectivity index (χ3n) is 3.85. The number of benzene rings is 1. The van der Waals surface area contributed by atoms with Crippen molar-refractivity contribution in [2.75, 3.05) is 33.3 Å². The summed E-state index contributed by atoms with van der Waals surface area (Å²) in [6, 6.07) is 8.00. The first kappa shape index (κ1) is 14.1. The van der Waals surface area contributed by atoms with E-state index in [0.717, 1.165) is 30.6 Å². The molecule has 0 radical (unpaired) electrons. The van der Waals surface area contributed by atoms with Gasteiger partial charge in [0.25, 0.3) is 5.91 Å². The molecule has 5 heteroatoms. The van der Waals surface area contributed by atoms with Crippen molar-refractivity contribution in [3.63, 3.8) is 0 Å². The van der Waals surface area contributed by atoms with Crippen LogP contribution in [0, 0.1) is 6.92 Å². The highest BCUT2D eigenvalue weighted by atomic mass is 16.5. The lowest BCUT2D eigenvalue weighted by molar-refractivity contribution is -0.0175. The van der Waals surface area contributed by atoms with Crippen molar-refractivity contribution in [1.82, 2.24) is 15.2 Å². The van der Waals surface area contributed by atoms with Crippen molar-refractivity contribution < 1.29 is 9.53 Å². The van der Waals surface area contributed by atoms with Gasteiger partial charge in [-0.15, -0.1) is 0 Å². The SMILES string of the molecule is Cc1ccc2cc(C(=O)NC[C@H]3CN(C)CCO3)[nH]c2c1. The van der Waals surface area contributed by atoms with E-state index < -0.39 is 0 Å². The van der Waals surface area contributed by atoms with Gasteiger partial charge in [0.05, 0.1) is 12.7 Å². The first-order valence-corrected chi connectivity index (χ1v) is 7.29. The number of H-pyrrole nitrogens is 1. The van der Waals surface area contributed by atoms with Crippen LogP contribution in [0.2, 0.25) is 0 Å². The van der Waals surface area contributed by atoms with E-state index in [4.69, 9.17) is 4.74 Å². The molecule has 0 spiro atoms. The van der Waals surface area contributed by atoms with Crippen LogP contribution in [0.1, 0.15) is 16.1 Å². The van der Waals surface area contributed by atoms with Crippen LogP contribution in [0.3, 0.4) is 0 Å². The fraction of sp³-hybridized carbons (Fsp3) is 0.438. The van der Waals surface area contributed by atoms with Crippen LogP contribution in [0.5, 0.6) is 0 Å². The van der Waals surface area contributed by atoms with Crippen molar-refractivity contribution >= 4 is 16.8 Å². The van der Waals surface area contributed by atoms with E-state index in [1.807, 2.05) is 31.2 Å². The third kappa shape index (κ3) is 3.25. The molecule has 0 unspecified atom stereocenters. The van der Waals surface area contributed by atoms with E-state index >= 15 is 0 Å². The van der Waals surface area contributed by atoms with E-state index in [1.165, 1.54) is 5.56 Å². The minimum Gasteiger partial charge on any atom is -0.374 e. The molecule has 5 nitrogen and oxygen atoms in total. The maximum absolute atomic E-state index is 12.2. The summed E-state index contributed by atoms with van der Waals surface area (Å²) in [4.78, 5) is 17.6. The Bertz CT molecular complexity index is 650. The largest absolute Gasteiger partial charge is 0.374 e. The Morgan fingerprint density at radius 2 is 2.33 bits per heavy atom. The number of nitrogens with one attached hydrogen (secondary N) is 2. The lowest BCUT2D eigenvalue weighted by atomic mass is 10.2. The van der Waals surface area contributed by atoms with Gasteiger partial charge in [0.2, 0.25) is 0 Å². The summed E-state index contributed by atoms with van der Waals surface area (Å²) in [7, 11) is 2.07. The zero-order chi connectivity index (χ0) is 14.8. The van der Waals surface area contributed by atoms with Crippen molar-refractivity contribution in [1.29, 1.82) is 0 Å². The molecule has 1 fully saturated rings. The smallest absolute Gasteiger partial charge is 0.267 e. The first-order valence-electron chi connectivity index (χ1n) is 7.29. The number of carbonyl (C=O) groups is 1. The number of rotatable bonds is 3. The van der Waals surface area contributed by atoms with Crippen LogP contribution in [-0.2, 0) is 4.74 Å². The molecule has 21 heavy (non-hydrogen) atoms. The van der Waals surface area contributed by atoms with Gasteiger partial charge >= 0.3 is 0 Å². The van der Waals surface area contributed by atoms with Gasteiger partial charge in [-0.3, -0.25) is 4.79 Å². The van der Waals surface area contributed by atoms with Crippen LogP contribution in [0.4, 0.5) is 0 Å². The highest BCUT2D eigenvalue weighted by molar-refractivity contribution is 5.98. The molecule has 3 rings (SSSR count). The van der Waals surface area contributed by atoms with Crippen LogP contribution in [0.25, 0.3) is 10.9 Å². The number of aromatic nitrogens is 1. The molecule has 1 atom stereocenters. The molecule has 1 aliphatic heterocycles. The molecule has 0 saturated carbocycles. The van der Waals surface area contributed by atoms with Gasteiger partial charge in [-0.05, 0) is 31.7 Å². The zero-order valence-corrected chi connectivity index (χ0v) is 12.5. The average Bonchev–Trinajstić information content (AvgIpc) is 2.88. The summed E-state index contributed by atoms with van der Waals surface area (Å²) in [5, 5.41) is 4.00. The van der Waals surface area contributed by atoms with Crippen LogP contribution in [0.15, 0.2) is 24.3 Å². The number of aromatic amines is 1. The van der Waals surface area contributed by atoms with Gasteiger partial charge in [0.15, 0.2) is 0 Å². The lowest BCUT2D eigenvalue weighted by Crippen LogP contribution is -2.45. The van der Waals surface area contributed by atoms with E-state index in [-0.39, 0.29) is 12.0 Å². The summed E-state index contributed by atoms with van der Waals surface area (Å²) in [5.41, 5.74) is 2.77. The second kappa shape index (κ2) is 5.87. The fourth-order valence-corrected chi connectivity index (χ4v) is 2.66. The number of morpholine rings is 1. The summed E-state index contributed by atoms with van der Waals surface area (Å²) in [6.45, 7) is 5.11. The maximum Gasteiger partial charge on any atom is 0.267 e. The fourth-order valence-electron chi connectivity index (χ4n) is 2.66. The average molecular weight is 287 g/mol. The van der Waals surface area contributed by atoms with Gasteiger partial charge in [0, 0.05) is 30.5 Å². The number of aryl methyl sites for hydroxylation is 1. The highest BCUT2D eigenvalue weighted by Gasteiger charge is 2.19. The van der Waals surface area contributed by atoms with Gasteiger partial charge in [-0.25, -0.2) is 0 Å². The minimum absolute atomic E-state index is 0.0688. The standard InChI is InChI=1S/C16H21N3O2/c1-11-3-4-12-8-15(18-14(12)7-11)16(20)17-9-13-10-19(2)5-6-21-13/h3-4,7-8,13,18H,5-6,9-10H2,1-2H3,(H,17,20)/t13-/m0/s1. The van der Waals surface area contributed by atoms with Gasteiger partial charge in [-0.1, -0.05) is 12.1 Å². The maximum atomic E-state index is 12.2. The van der Waals surface area contributed by atoms with Gasteiger partial charge < -0.3 is 19.9 Å². The second-order valence-corrected chi connectivity index (χ2v) is 5.74. The molecule has 0 aliphatic carbocycles. The summed E-state index contributed by atoms with van der Waals surface area (Å²) in [5.74, 6) is -0.0827. The normalized spacial score (nSPS) is 19.8. The van der Waals surface area contributed by atoms with Crippen LogP contribution >= 0.6 is 0 Å². The first-order chi connectivity index (χ1) is 10.1. The molecule has 1 amide bonds. The van der Waals surface area contributed by atoms with Gasteiger partial charge in [-0.2, -0.15) is 0 Å². The number of hydrogen-bond acceptors (Lipinski definition) is 3. The molecular formula is C16H21N3O2. The number of amides is 1. The summed E-state index contributed by atoms with van der Waals surface area (Å²) < 4.78 is 5.64. The predicted molar refractivity (Wildman–Crippen MR) is 82.6 cm³/mol. The van der Waals surface area contributed by atoms with Crippen molar-refractivity contribution in [3.8, 4) is 0 Å². The molecule has 2 heterocycles. The summed E-state index contributed by atoms with van der Waals surface area (Å²) >= 11 is 0. The molecule has 2 aromatic rings. The zero-order valence-electron chi connectivity index (χ0n) is 12.5. The van der Waals surface area contributed by atoms with Crippen molar-refractivity contribution in [2.45, 2.75) is 13.0 Å². The molecule has 0 bridgehead atoms. The molecule has 2 N–H and O–H groups in total. The van der Waals surface area contributed by atoms with E-state index in [9.17, 15) is 4.79 Å². The van der Waals surface area contributed by atoms with Gasteiger partial charge in [0.1, 0.15) is 5.69 Å². The number of fused-ring (bicyclic) bond motifs is 1. The Morgan fingerprint density at radius 3 is 3.14 bits per heavy atom. The molecule has 1 aromatic heterocycles. The molecule has 112 valence electrons. The highest BCUT2D eigenvalue weighted by Crippen LogP contribution is 2.16. The molecule has 1 aliphatic rings. The van der Waals surface area contributed by atoms with Crippen molar-refractivity contribution in [2.24, 2.45) is 0 Å². The lowest BCUT2D eigenvalue weighted by Gasteiger charge is -2.30. The minimum atomic E-state index is -0.0827.